The van der Waals surface area contributed by atoms with Crippen molar-refractivity contribution in [3.63, 3.8) is 0 Å². The second-order valence-corrected chi connectivity index (χ2v) is 9.61. The van der Waals surface area contributed by atoms with Gasteiger partial charge in [0.05, 0.1) is 7.11 Å². The van der Waals surface area contributed by atoms with Gasteiger partial charge in [-0.1, -0.05) is 0 Å². The Bertz CT molecular complexity index is 1060. The fraction of sp³-hybridized carbons (Fsp3) is 0.435. The predicted molar refractivity (Wildman–Crippen MR) is 123 cm³/mol. The number of amides is 1. The van der Waals surface area contributed by atoms with Gasteiger partial charge in [0.25, 0.3) is 0 Å². The molecule has 7 nitrogen and oxygen atoms in total. The van der Waals surface area contributed by atoms with Crippen LogP contribution < -0.4 is 10.1 Å². The number of fused-ring (bicyclic) bond motifs is 1. The number of thiazole rings is 1. The smallest absolute Gasteiger partial charge is 0.410 e. The van der Waals surface area contributed by atoms with Crippen molar-refractivity contribution >= 4 is 39.2 Å². The van der Waals surface area contributed by atoms with Crippen molar-refractivity contribution in [2.75, 3.05) is 25.5 Å². The molecule has 3 heterocycles. The quantitative estimate of drug-likeness (QED) is 0.572. The van der Waals surface area contributed by atoms with Crippen LogP contribution in [0.15, 0.2) is 35.8 Å². The average molecular weight is 441 g/mol. The van der Waals surface area contributed by atoms with Crippen LogP contribution in [0.25, 0.3) is 10.8 Å². The van der Waals surface area contributed by atoms with E-state index in [1.165, 1.54) is 11.3 Å². The summed E-state index contributed by atoms with van der Waals surface area (Å²) in [6, 6.07) is 8.06. The highest BCUT2D eigenvalue weighted by Gasteiger charge is 2.29. The van der Waals surface area contributed by atoms with E-state index >= 15 is 0 Å². The SMILES string of the molecule is COc1ccc2c(Nc3nccs3)nc(C3CCCN(C(=O)OC(C)(C)C)C3)cc2c1. The molecule has 0 aliphatic carbocycles. The molecule has 1 fully saturated rings. The molecule has 0 saturated carbocycles. The summed E-state index contributed by atoms with van der Waals surface area (Å²) in [5.41, 5.74) is 0.445. The van der Waals surface area contributed by atoms with Gasteiger partial charge in [0.15, 0.2) is 5.13 Å². The molecule has 0 radical (unpaired) electrons. The van der Waals surface area contributed by atoms with E-state index in [0.717, 1.165) is 46.0 Å². The molecule has 2 aromatic heterocycles. The number of anilines is 2. The molecule has 1 aliphatic rings. The van der Waals surface area contributed by atoms with Crippen molar-refractivity contribution < 1.29 is 14.3 Å². The number of nitrogens with one attached hydrogen (secondary N) is 1. The second-order valence-electron chi connectivity index (χ2n) is 8.71. The summed E-state index contributed by atoms with van der Waals surface area (Å²) < 4.78 is 11.0. The predicted octanol–water partition coefficient (Wildman–Crippen LogP) is 5.56. The minimum atomic E-state index is -0.507. The molecule has 1 aliphatic heterocycles. The summed E-state index contributed by atoms with van der Waals surface area (Å²) in [6.45, 7) is 6.97. The van der Waals surface area contributed by atoms with Crippen molar-refractivity contribution in [3.05, 3.63) is 41.5 Å². The van der Waals surface area contributed by atoms with Crippen LogP contribution in [0.3, 0.4) is 0 Å². The van der Waals surface area contributed by atoms with Gasteiger partial charge in [-0.3, -0.25) is 0 Å². The first-order valence-corrected chi connectivity index (χ1v) is 11.3. The van der Waals surface area contributed by atoms with Crippen LogP contribution in [-0.4, -0.2) is 46.8 Å². The van der Waals surface area contributed by atoms with Crippen LogP contribution in [0, 0.1) is 0 Å². The molecular formula is C23H28N4O3S. The molecule has 164 valence electrons. The van der Waals surface area contributed by atoms with E-state index in [9.17, 15) is 4.79 Å². The normalized spacial score (nSPS) is 16.9. The molecule has 4 rings (SSSR count). The van der Waals surface area contributed by atoms with Crippen molar-refractivity contribution in [1.29, 1.82) is 0 Å². The summed E-state index contributed by atoms with van der Waals surface area (Å²) in [6.07, 6.45) is 3.39. The molecule has 1 N–H and O–H groups in total. The minimum Gasteiger partial charge on any atom is -0.497 e. The van der Waals surface area contributed by atoms with E-state index in [4.69, 9.17) is 14.5 Å². The summed E-state index contributed by atoms with van der Waals surface area (Å²) in [7, 11) is 1.66. The number of ether oxygens (including phenoxy) is 2. The third-order valence-electron chi connectivity index (χ3n) is 5.21. The van der Waals surface area contributed by atoms with Crippen LogP contribution in [-0.2, 0) is 4.74 Å². The maximum Gasteiger partial charge on any atom is 0.410 e. The lowest BCUT2D eigenvalue weighted by molar-refractivity contribution is 0.0197. The topological polar surface area (TPSA) is 76.6 Å². The van der Waals surface area contributed by atoms with Crippen molar-refractivity contribution in [3.8, 4) is 5.75 Å². The zero-order valence-corrected chi connectivity index (χ0v) is 19.2. The number of piperidine rings is 1. The Morgan fingerprint density at radius 2 is 2.13 bits per heavy atom. The lowest BCUT2D eigenvalue weighted by atomic mass is 9.93. The van der Waals surface area contributed by atoms with Gasteiger partial charge < -0.3 is 19.7 Å². The largest absolute Gasteiger partial charge is 0.497 e. The first-order valence-electron chi connectivity index (χ1n) is 10.5. The number of hydrogen-bond acceptors (Lipinski definition) is 7. The number of methoxy groups -OCH3 is 1. The molecular weight excluding hydrogens is 412 g/mol. The molecule has 3 aromatic rings. The van der Waals surface area contributed by atoms with Crippen LogP contribution in [0.4, 0.5) is 15.7 Å². The molecule has 8 heteroatoms. The first-order chi connectivity index (χ1) is 14.8. The number of hydrogen-bond donors (Lipinski definition) is 1. The molecule has 1 saturated heterocycles. The van der Waals surface area contributed by atoms with Gasteiger partial charge in [-0.25, -0.2) is 14.8 Å². The Morgan fingerprint density at radius 3 is 2.84 bits per heavy atom. The van der Waals surface area contributed by atoms with E-state index in [1.54, 1.807) is 18.2 Å². The molecule has 31 heavy (non-hydrogen) atoms. The highest BCUT2D eigenvalue weighted by molar-refractivity contribution is 7.13. The highest BCUT2D eigenvalue weighted by atomic mass is 32.1. The Morgan fingerprint density at radius 1 is 1.29 bits per heavy atom. The van der Waals surface area contributed by atoms with Crippen LogP contribution in [0.1, 0.15) is 45.2 Å². The number of carbonyl (C=O) groups excluding carboxylic acids is 1. The fourth-order valence-electron chi connectivity index (χ4n) is 3.79. The lowest BCUT2D eigenvalue weighted by Gasteiger charge is -2.34. The highest BCUT2D eigenvalue weighted by Crippen LogP contribution is 2.34. The number of likely N-dealkylation sites (tertiary alicyclic amines) is 1. The number of rotatable bonds is 4. The average Bonchev–Trinajstić information content (AvgIpc) is 3.25. The fourth-order valence-corrected chi connectivity index (χ4v) is 4.31. The zero-order chi connectivity index (χ0) is 22.0. The van der Waals surface area contributed by atoms with Gasteiger partial charge in [-0.15, -0.1) is 11.3 Å². The number of carbonyl (C=O) groups is 1. The molecule has 1 atom stereocenters. The van der Waals surface area contributed by atoms with E-state index < -0.39 is 5.60 Å². The third kappa shape index (κ3) is 5.07. The van der Waals surface area contributed by atoms with Crippen LogP contribution >= 0.6 is 11.3 Å². The van der Waals surface area contributed by atoms with Gasteiger partial charge in [0.2, 0.25) is 0 Å². The maximum atomic E-state index is 12.6. The summed E-state index contributed by atoms with van der Waals surface area (Å²) in [5.74, 6) is 1.69. The molecule has 1 unspecified atom stereocenters. The molecule has 1 amide bonds. The van der Waals surface area contributed by atoms with Gasteiger partial charge in [-0.05, 0) is 63.3 Å². The zero-order valence-electron chi connectivity index (χ0n) is 18.3. The van der Waals surface area contributed by atoms with Crippen molar-refractivity contribution in [1.82, 2.24) is 14.9 Å². The minimum absolute atomic E-state index is 0.133. The Hall–Kier alpha value is -2.87. The van der Waals surface area contributed by atoms with Crippen molar-refractivity contribution in [2.45, 2.75) is 45.1 Å². The van der Waals surface area contributed by atoms with E-state index in [1.807, 2.05) is 44.4 Å². The van der Waals surface area contributed by atoms with Gasteiger partial charge in [0.1, 0.15) is 17.2 Å². The van der Waals surface area contributed by atoms with Crippen LogP contribution in [0.2, 0.25) is 0 Å². The Balaban J connectivity index is 1.66. The Labute approximate surface area is 186 Å². The molecule has 1 aromatic carbocycles. The lowest BCUT2D eigenvalue weighted by Crippen LogP contribution is -2.42. The summed E-state index contributed by atoms with van der Waals surface area (Å²) >= 11 is 1.53. The van der Waals surface area contributed by atoms with Gasteiger partial charge >= 0.3 is 6.09 Å². The summed E-state index contributed by atoms with van der Waals surface area (Å²) in [5, 5.41) is 8.12. The maximum absolute atomic E-state index is 12.6. The third-order valence-corrected chi connectivity index (χ3v) is 5.90. The van der Waals surface area contributed by atoms with Gasteiger partial charge in [-0.2, -0.15) is 0 Å². The van der Waals surface area contributed by atoms with E-state index in [-0.39, 0.29) is 12.0 Å². The monoisotopic (exact) mass is 440 g/mol. The molecule has 0 bridgehead atoms. The summed E-state index contributed by atoms with van der Waals surface area (Å²) in [4.78, 5) is 23.7. The number of benzene rings is 1. The van der Waals surface area contributed by atoms with E-state index in [2.05, 4.69) is 16.4 Å². The Kier molecular flexibility index (Phi) is 6.00. The number of aromatic nitrogens is 2. The second kappa shape index (κ2) is 8.70. The first kappa shape index (κ1) is 21.4. The van der Waals surface area contributed by atoms with Crippen molar-refractivity contribution in [2.24, 2.45) is 0 Å². The van der Waals surface area contributed by atoms with Gasteiger partial charge in [0, 0.05) is 41.7 Å². The molecule has 0 spiro atoms. The van der Waals surface area contributed by atoms with Crippen LogP contribution in [0.5, 0.6) is 5.75 Å². The number of nitrogens with zero attached hydrogens (tertiary/aromatic N) is 3. The number of pyridine rings is 1. The van der Waals surface area contributed by atoms with E-state index in [0.29, 0.717) is 13.1 Å². The standard InChI is InChI=1S/C23H28N4O3S/c1-23(2,3)30-22(28)27-10-5-6-15(14-27)19-13-16-12-17(29-4)7-8-18(16)20(25-19)26-21-24-9-11-31-21/h7-9,11-13,15H,5-6,10,14H2,1-4H3,(H,24,25,26).